The summed E-state index contributed by atoms with van der Waals surface area (Å²) in [5, 5.41) is 12.6. The van der Waals surface area contributed by atoms with Gasteiger partial charge in [0.25, 0.3) is 0 Å². The number of aromatic nitrogens is 6. The second-order valence-electron chi connectivity index (χ2n) is 9.57. The number of hydrogen-bond donors (Lipinski definition) is 3. The summed E-state index contributed by atoms with van der Waals surface area (Å²) in [6, 6.07) is 22.0. The lowest BCUT2D eigenvalue weighted by atomic mass is 10.1. The van der Waals surface area contributed by atoms with Crippen LogP contribution >= 0.6 is 11.3 Å². The molecule has 0 aliphatic heterocycles. The van der Waals surface area contributed by atoms with Gasteiger partial charge in [0.05, 0.1) is 41.4 Å². The summed E-state index contributed by atoms with van der Waals surface area (Å²) in [5.41, 5.74) is 7.51. The fraction of sp³-hybridized carbons (Fsp3) is 0.0645. The molecular formula is C31H23N7OS. The monoisotopic (exact) mass is 541 g/mol. The number of carbonyl (C=O) groups excluding carboxylic acids is 1. The van der Waals surface area contributed by atoms with Gasteiger partial charge in [0, 0.05) is 44.0 Å². The SMILES string of the molecule is Cc1ccc(-c2ccnc3[nH]c(-c4n[nH]c5cnc(-c6cncc(NC(=O)Cc7ccccc7)c6)cc45)cc23)s1. The average Bonchev–Trinajstić information content (AvgIpc) is 3.71. The Morgan fingerprint density at radius 3 is 2.70 bits per heavy atom. The van der Waals surface area contributed by atoms with E-state index in [1.165, 1.54) is 9.75 Å². The standard InChI is InChI=1S/C31H23N7OS/c1-18-7-8-28(40-18)22-9-10-33-31-23(22)13-26(36-31)30-24-14-25(34-17-27(24)37-38-30)20-12-21(16-32-15-20)35-29(39)11-19-5-3-2-4-6-19/h2-10,12-17H,11H2,1H3,(H,33,36)(H,35,39)(H,37,38). The van der Waals surface area contributed by atoms with E-state index in [0.29, 0.717) is 12.1 Å². The van der Waals surface area contributed by atoms with E-state index >= 15 is 0 Å². The summed E-state index contributed by atoms with van der Waals surface area (Å²) in [6.45, 7) is 2.11. The summed E-state index contributed by atoms with van der Waals surface area (Å²) < 4.78 is 0. The molecule has 1 aromatic carbocycles. The van der Waals surface area contributed by atoms with Crippen LogP contribution in [0.25, 0.3) is 55.0 Å². The van der Waals surface area contributed by atoms with Gasteiger partial charge in [-0.2, -0.15) is 5.10 Å². The summed E-state index contributed by atoms with van der Waals surface area (Å²) in [7, 11) is 0. The molecule has 0 atom stereocenters. The molecule has 0 saturated carbocycles. The van der Waals surface area contributed by atoms with E-state index in [1.54, 1.807) is 29.9 Å². The number of fused-ring (bicyclic) bond motifs is 2. The van der Waals surface area contributed by atoms with Crippen molar-refractivity contribution >= 4 is 44.9 Å². The number of hydrogen-bond acceptors (Lipinski definition) is 6. The maximum atomic E-state index is 12.6. The highest BCUT2D eigenvalue weighted by atomic mass is 32.1. The second kappa shape index (κ2) is 9.87. The van der Waals surface area contributed by atoms with E-state index in [4.69, 9.17) is 0 Å². The van der Waals surface area contributed by atoms with E-state index in [2.05, 4.69) is 66.6 Å². The number of carbonyl (C=O) groups is 1. The predicted octanol–water partition coefficient (Wildman–Crippen LogP) is 6.78. The number of rotatable bonds is 6. The van der Waals surface area contributed by atoms with Crippen molar-refractivity contribution in [1.29, 1.82) is 0 Å². The largest absolute Gasteiger partial charge is 0.338 e. The Balaban J connectivity index is 1.21. The highest BCUT2D eigenvalue weighted by molar-refractivity contribution is 7.15. The Morgan fingerprint density at radius 1 is 0.950 bits per heavy atom. The molecule has 0 fully saturated rings. The van der Waals surface area contributed by atoms with Gasteiger partial charge in [-0.25, -0.2) is 4.98 Å². The maximum Gasteiger partial charge on any atom is 0.228 e. The molecule has 0 aliphatic carbocycles. The van der Waals surface area contributed by atoms with Crippen molar-refractivity contribution in [1.82, 2.24) is 30.1 Å². The molecule has 0 spiro atoms. The zero-order chi connectivity index (χ0) is 27.1. The molecule has 0 unspecified atom stereocenters. The molecule has 0 saturated heterocycles. The van der Waals surface area contributed by atoms with Crippen LogP contribution in [0.1, 0.15) is 10.4 Å². The number of anilines is 1. The molecule has 7 aromatic rings. The first-order chi connectivity index (χ1) is 19.6. The highest BCUT2D eigenvalue weighted by Crippen LogP contribution is 2.36. The van der Waals surface area contributed by atoms with E-state index in [9.17, 15) is 4.79 Å². The van der Waals surface area contributed by atoms with E-state index in [0.717, 1.165) is 55.7 Å². The Labute approximate surface area is 233 Å². The van der Waals surface area contributed by atoms with Crippen LogP contribution < -0.4 is 5.32 Å². The van der Waals surface area contributed by atoms with Gasteiger partial charge in [-0.15, -0.1) is 11.3 Å². The highest BCUT2D eigenvalue weighted by Gasteiger charge is 2.16. The van der Waals surface area contributed by atoms with Gasteiger partial charge in [-0.05, 0) is 48.9 Å². The van der Waals surface area contributed by atoms with E-state index < -0.39 is 0 Å². The van der Waals surface area contributed by atoms with Crippen LogP contribution in [-0.4, -0.2) is 36.0 Å². The van der Waals surface area contributed by atoms with Crippen LogP contribution in [0.5, 0.6) is 0 Å². The molecule has 0 bridgehead atoms. The Kier molecular flexibility index (Phi) is 5.90. The number of nitrogens with zero attached hydrogens (tertiary/aromatic N) is 4. The van der Waals surface area contributed by atoms with E-state index in [1.807, 2.05) is 48.7 Å². The molecule has 3 N–H and O–H groups in total. The lowest BCUT2D eigenvalue weighted by Crippen LogP contribution is -2.14. The minimum absolute atomic E-state index is 0.102. The average molecular weight is 542 g/mol. The molecule has 6 aromatic heterocycles. The smallest absolute Gasteiger partial charge is 0.228 e. The Morgan fingerprint density at radius 2 is 1.85 bits per heavy atom. The van der Waals surface area contributed by atoms with E-state index in [-0.39, 0.29) is 5.91 Å². The maximum absolute atomic E-state index is 12.6. The number of nitrogens with one attached hydrogen (secondary N) is 3. The van der Waals surface area contributed by atoms with Gasteiger partial charge in [0.1, 0.15) is 11.3 Å². The van der Waals surface area contributed by atoms with Crippen molar-refractivity contribution in [3.05, 3.63) is 102 Å². The van der Waals surface area contributed by atoms with Gasteiger partial charge in [0.15, 0.2) is 0 Å². The van der Waals surface area contributed by atoms with Gasteiger partial charge in [-0.1, -0.05) is 30.3 Å². The van der Waals surface area contributed by atoms with Gasteiger partial charge >= 0.3 is 0 Å². The van der Waals surface area contributed by atoms with Gasteiger partial charge in [-0.3, -0.25) is 19.9 Å². The van der Waals surface area contributed by atoms with Gasteiger partial charge < -0.3 is 10.3 Å². The number of H-pyrrole nitrogens is 2. The van der Waals surface area contributed by atoms with Crippen LogP contribution in [0.4, 0.5) is 5.69 Å². The third kappa shape index (κ3) is 4.52. The molecule has 1 amide bonds. The topological polar surface area (TPSA) is 112 Å². The molecule has 6 heterocycles. The molecule has 0 aliphatic rings. The van der Waals surface area contributed by atoms with Crippen molar-refractivity contribution < 1.29 is 4.79 Å². The zero-order valence-electron chi connectivity index (χ0n) is 21.5. The number of aryl methyl sites for hydroxylation is 1. The fourth-order valence-electron chi connectivity index (χ4n) is 4.86. The second-order valence-corrected chi connectivity index (χ2v) is 10.9. The van der Waals surface area contributed by atoms with Crippen LogP contribution in [0, 0.1) is 6.92 Å². The lowest BCUT2D eigenvalue weighted by Gasteiger charge is -2.07. The Hall–Kier alpha value is -5.15. The molecule has 40 heavy (non-hydrogen) atoms. The first-order valence-corrected chi connectivity index (χ1v) is 13.6. The van der Waals surface area contributed by atoms with Crippen molar-refractivity contribution in [2.75, 3.05) is 5.32 Å². The first kappa shape index (κ1) is 23.9. The molecule has 194 valence electrons. The number of amides is 1. The summed E-state index contributed by atoms with van der Waals surface area (Å²) in [4.78, 5) is 32.0. The third-order valence-corrected chi connectivity index (χ3v) is 7.80. The minimum Gasteiger partial charge on any atom is -0.338 e. The van der Waals surface area contributed by atoms with Crippen molar-refractivity contribution in [3.8, 4) is 33.1 Å². The fourth-order valence-corrected chi connectivity index (χ4v) is 5.77. The number of pyridine rings is 3. The third-order valence-electron chi connectivity index (χ3n) is 6.77. The van der Waals surface area contributed by atoms with Gasteiger partial charge in [0.2, 0.25) is 5.91 Å². The van der Waals surface area contributed by atoms with Crippen LogP contribution in [-0.2, 0) is 11.2 Å². The summed E-state index contributed by atoms with van der Waals surface area (Å²) >= 11 is 1.77. The Bertz CT molecular complexity index is 2010. The summed E-state index contributed by atoms with van der Waals surface area (Å²) in [5.74, 6) is -0.102. The molecular weight excluding hydrogens is 518 g/mol. The number of benzene rings is 1. The molecule has 8 nitrogen and oxygen atoms in total. The lowest BCUT2D eigenvalue weighted by molar-refractivity contribution is -0.115. The van der Waals surface area contributed by atoms with Crippen LogP contribution in [0.15, 0.2) is 91.5 Å². The predicted molar refractivity (Wildman–Crippen MR) is 159 cm³/mol. The van der Waals surface area contributed by atoms with Crippen LogP contribution in [0.3, 0.4) is 0 Å². The number of thiophene rings is 1. The number of aromatic amines is 2. The zero-order valence-corrected chi connectivity index (χ0v) is 22.3. The van der Waals surface area contributed by atoms with Crippen molar-refractivity contribution in [2.45, 2.75) is 13.3 Å². The minimum atomic E-state index is -0.102. The molecule has 0 radical (unpaired) electrons. The van der Waals surface area contributed by atoms with Crippen LogP contribution in [0.2, 0.25) is 0 Å². The van der Waals surface area contributed by atoms with Crippen molar-refractivity contribution in [3.63, 3.8) is 0 Å². The normalized spacial score (nSPS) is 11.3. The molecule has 7 rings (SSSR count). The first-order valence-electron chi connectivity index (χ1n) is 12.8. The summed E-state index contributed by atoms with van der Waals surface area (Å²) in [6.07, 6.45) is 7.26. The molecule has 9 heteroatoms. The van der Waals surface area contributed by atoms with Crippen molar-refractivity contribution in [2.24, 2.45) is 0 Å². The quantitative estimate of drug-likeness (QED) is 0.215.